The van der Waals surface area contributed by atoms with Crippen LogP contribution in [-0.4, -0.2) is 49.6 Å². The Hall–Kier alpha value is -0.770. The van der Waals surface area contributed by atoms with E-state index in [1.165, 1.54) is 6.42 Å². The lowest BCUT2D eigenvalue weighted by atomic mass is 10.1. The molecule has 2 unspecified atom stereocenters. The van der Waals surface area contributed by atoms with Gasteiger partial charge in [-0.2, -0.15) is 0 Å². The average Bonchev–Trinajstić information content (AvgIpc) is 2.91. The highest BCUT2D eigenvalue weighted by Crippen LogP contribution is 2.28. The summed E-state index contributed by atoms with van der Waals surface area (Å²) in [7, 11) is 4.19. The van der Waals surface area contributed by atoms with Crippen molar-refractivity contribution in [1.82, 2.24) is 15.5 Å². The van der Waals surface area contributed by atoms with Crippen LogP contribution < -0.4 is 10.6 Å². The molecule has 0 aromatic rings. The predicted octanol–water partition coefficient (Wildman–Crippen LogP) is 1.29. The van der Waals surface area contributed by atoms with Crippen molar-refractivity contribution >= 4 is 5.96 Å². The Morgan fingerprint density at radius 1 is 1.41 bits per heavy atom. The van der Waals surface area contributed by atoms with Crippen molar-refractivity contribution in [2.75, 3.05) is 27.2 Å². The Morgan fingerprint density at radius 3 is 2.41 bits per heavy atom. The molecule has 100 valence electrons. The summed E-state index contributed by atoms with van der Waals surface area (Å²) in [5.41, 5.74) is 0.0948. The van der Waals surface area contributed by atoms with E-state index in [-0.39, 0.29) is 5.54 Å². The zero-order chi connectivity index (χ0) is 13.1. The molecule has 0 radical (unpaired) electrons. The lowest BCUT2D eigenvalue weighted by molar-refractivity contribution is 0.204. The number of hydrogen-bond acceptors (Lipinski definition) is 2. The maximum absolute atomic E-state index is 4.67. The van der Waals surface area contributed by atoms with E-state index in [1.807, 2.05) is 0 Å². The predicted molar refractivity (Wildman–Crippen MR) is 74.4 cm³/mol. The van der Waals surface area contributed by atoms with E-state index in [0.29, 0.717) is 6.04 Å². The van der Waals surface area contributed by atoms with Crippen LogP contribution >= 0.6 is 0 Å². The third-order valence-corrected chi connectivity index (χ3v) is 3.61. The summed E-state index contributed by atoms with van der Waals surface area (Å²) in [6.07, 6.45) is 1.27. The van der Waals surface area contributed by atoms with E-state index in [0.717, 1.165) is 25.0 Å². The summed E-state index contributed by atoms with van der Waals surface area (Å²) in [6.45, 7) is 10.5. The van der Waals surface area contributed by atoms with Crippen LogP contribution in [0.5, 0.6) is 0 Å². The molecule has 0 heterocycles. The molecule has 4 heteroatoms. The number of guanidine groups is 1. The van der Waals surface area contributed by atoms with Gasteiger partial charge >= 0.3 is 0 Å². The van der Waals surface area contributed by atoms with Crippen molar-refractivity contribution in [2.24, 2.45) is 10.9 Å². The van der Waals surface area contributed by atoms with Crippen molar-refractivity contribution in [1.29, 1.82) is 0 Å². The monoisotopic (exact) mass is 240 g/mol. The summed E-state index contributed by atoms with van der Waals surface area (Å²) in [5.74, 6) is 1.75. The Balaban J connectivity index is 2.51. The normalized spacial score (nSPS) is 25.0. The highest BCUT2D eigenvalue weighted by Gasteiger charge is 2.33. The molecule has 0 saturated heterocycles. The van der Waals surface area contributed by atoms with Crippen LogP contribution in [0.4, 0.5) is 0 Å². The number of likely N-dealkylation sites (N-methyl/N-ethyl adjacent to an activating group) is 1. The topological polar surface area (TPSA) is 39.7 Å². The molecule has 2 atom stereocenters. The molecule has 0 spiro atoms. The highest BCUT2D eigenvalue weighted by atomic mass is 15.2. The van der Waals surface area contributed by atoms with Crippen LogP contribution in [0.3, 0.4) is 0 Å². The second-order valence-electron chi connectivity index (χ2n) is 5.87. The summed E-state index contributed by atoms with van der Waals surface area (Å²) in [4.78, 5) is 6.88. The molecule has 0 aromatic carbocycles. The lowest BCUT2D eigenvalue weighted by Gasteiger charge is -2.31. The Kier molecular flexibility index (Phi) is 4.80. The van der Waals surface area contributed by atoms with Gasteiger partial charge in [0, 0.05) is 18.1 Å². The molecule has 0 bridgehead atoms. The Morgan fingerprint density at radius 2 is 2.00 bits per heavy atom. The van der Waals surface area contributed by atoms with Crippen LogP contribution in [0.15, 0.2) is 4.99 Å². The molecule has 2 N–H and O–H groups in total. The Bertz CT molecular complexity index is 271. The number of nitrogens with one attached hydrogen (secondary N) is 2. The molecule has 1 aliphatic carbocycles. The smallest absolute Gasteiger partial charge is 0.191 e. The minimum atomic E-state index is 0.0948. The number of aliphatic imine (C=N–C) groups is 1. The first-order chi connectivity index (χ1) is 7.86. The quantitative estimate of drug-likeness (QED) is 0.562. The fourth-order valence-electron chi connectivity index (χ4n) is 1.43. The van der Waals surface area contributed by atoms with Crippen LogP contribution in [0, 0.1) is 5.92 Å². The van der Waals surface area contributed by atoms with E-state index in [9.17, 15) is 0 Å². The van der Waals surface area contributed by atoms with E-state index in [4.69, 9.17) is 0 Å². The maximum atomic E-state index is 4.67. The molecule has 0 aromatic heterocycles. The summed E-state index contributed by atoms with van der Waals surface area (Å²) < 4.78 is 0. The molecular weight excluding hydrogens is 212 g/mol. The largest absolute Gasteiger partial charge is 0.357 e. The molecular formula is C13H28N4. The molecule has 1 aliphatic rings. The maximum Gasteiger partial charge on any atom is 0.191 e. The minimum absolute atomic E-state index is 0.0948. The van der Waals surface area contributed by atoms with Crippen molar-refractivity contribution in [3.8, 4) is 0 Å². The Labute approximate surface area is 106 Å². The molecule has 17 heavy (non-hydrogen) atoms. The van der Waals surface area contributed by atoms with Crippen LogP contribution in [-0.2, 0) is 0 Å². The van der Waals surface area contributed by atoms with Gasteiger partial charge in [0.05, 0.1) is 6.54 Å². The van der Waals surface area contributed by atoms with Gasteiger partial charge in [-0.3, -0.25) is 4.99 Å². The molecule has 1 fully saturated rings. The fourth-order valence-corrected chi connectivity index (χ4v) is 1.43. The van der Waals surface area contributed by atoms with E-state index >= 15 is 0 Å². The standard InChI is InChI=1S/C13H28N4/c1-7-14-12(16-11-8-10(11)2)15-9-13(3,4)17(5)6/h10-11H,7-9H2,1-6H3,(H2,14,15,16). The average molecular weight is 240 g/mol. The zero-order valence-corrected chi connectivity index (χ0v) is 12.2. The zero-order valence-electron chi connectivity index (χ0n) is 12.2. The summed E-state index contributed by atoms with van der Waals surface area (Å²) in [5, 5.41) is 6.78. The SMILES string of the molecule is CCNC(=NCC(C)(C)N(C)C)NC1CC1C. The van der Waals surface area contributed by atoms with Gasteiger partial charge in [-0.1, -0.05) is 6.92 Å². The first-order valence-electron chi connectivity index (χ1n) is 6.59. The van der Waals surface area contributed by atoms with Gasteiger partial charge in [-0.15, -0.1) is 0 Å². The second kappa shape index (κ2) is 5.71. The molecule has 0 aliphatic heterocycles. The van der Waals surface area contributed by atoms with Gasteiger partial charge in [0.1, 0.15) is 0 Å². The van der Waals surface area contributed by atoms with Gasteiger partial charge in [-0.25, -0.2) is 0 Å². The number of hydrogen-bond donors (Lipinski definition) is 2. The fraction of sp³-hybridized carbons (Fsp3) is 0.923. The van der Waals surface area contributed by atoms with Crippen molar-refractivity contribution in [3.05, 3.63) is 0 Å². The first kappa shape index (κ1) is 14.3. The number of nitrogens with zero attached hydrogens (tertiary/aromatic N) is 2. The molecule has 1 saturated carbocycles. The van der Waals surface area contributed by atoms with Crippen molar-refractivity contribution in [3.63, 3.8) is 0 Å². The summed E-state index contributed by atoms with van der Waals surface area (Å²) in [6, 6.07) is 0.621. The van der Waals surface area contributed by atoms with Crippen molar-refractivity contribution < 1.29 is 0 Å². The summed E-state index contributed by atoms with van der Waals surface area (Å²) >= 11 is 0. The van der Waals surface area contributed by atoms with Crippen LogP contribution in [0.2, 0.25) is 0 Å². The van der Waals surface area contributed by atoms with Gasteiger partial charge < -0.3 is 15.5 Å². The van der Waals surface area contributed by atoms with Gasteiger partial charge in [0.15, 0.2) is 5.96 Å². The second-order valence-corrected chi connectivity index (χ2v) is 5.87. The third kappa shape index (κ3) is 4.54. The van der Waals surface area contributed by atoms with E-state index < -0.39 is 0 Å². The molecule has 4 nitrogen and oxygen atoms in total. The van der Waals surface area contributed by atoms with Crippen LogP contribution in [0.1, 0.15) is 34.1 Å². The lowest BCUT2D eigenvalue weighted by Crippen LogP contribution is -2.44. The minimum Gasteiger partial charge on any atom is -0.357 e. The number of rotatable bonds is 5. The highest BCUT2D eigenvalue weighted by molar-refractivity contribution is 5.80. The van der Waals surface area contributed by atoms with E-state index in [1.54, 1.807) is 0 Å². The van der Waals surface area contributed by atoms with Crippen LogP contribution in [0.25, 0.3) is 0 Å². The molecule has 1 rings (SSSR count). The van der Waals surface area contributed by atoms with E-state index in [2.05, 4.69) is 62.3 Å². The molecule has 0 amide bonds. The van der Waals surface area contributed by atoms with Gasteiger partial charge in [-0.05, 0) is 47.2 Å². The first-order valence-corrected chi connectivity index (χ1v) is 6.59. The van der Waals surface area contributed by atoms with Gasteiger partial charge in [0.25, 0.3) is 0 Å². The third-order valence-electron chi connectivity index (χ3n) is 3.61. The van der Waals surface area contributed by atoms with Gasteiger partial charge in [0.2, 0.25) is 0 Å². The van der Waals surface area contributed by atoms with Crippen molar-refractivity contribution in [2.45, 2.75) is 45.7 Å².